The van der Waals surface area contributed by atoms with Crippen LogP contribution in [0.15, 0.2) is 17.5 Å². The van der Waals surface area contributed by atoms with Gasteiger partial charge in [-0.15, -0.1) is 11.3 Å². The first-order valence-corrected chi connectivity index (χ1v) is 7.39. The lowest BCUT2D eigenvalue weighted by molar-refractivity contribution is 0.0949. The highest BCUT2D eigenvalue weighted by molar-refractivity contribution is 7.09. The fourth-order valence-corrected chi connectivity index (χ4v) is 2.49. The van der Waals surface area contributed by atoms with Crippen LogP contribution in [0.1, 0.15) is 21.2 Å². The topological polar surface area (TPSA) is 66.9 Å². The summed E-state index contributed by atoms with van der Waals surface area (Å²) in [5.74, 6) is 0.328. The largest absolute Gasteiger partial charge is 0.373 e. The first-order chi connectivity index (χ1) is 9.60. The Balaban J connectivity index is 1.94. The standard InChI is InChI=1S/C13H15ClN4OS/c1-8-17-9(7-20-8)5-6-16-13(19)12-10(14)3-4-11(15-2)18-12/h3-4,7H,5-6H2,1-2H3,(H,15,18)(H,16,19). The number of rotatable bonds is 5. The minimum atomic E-state index is -0.279. The van der Waals surface area contributed by atoms with Crippen LogP contribution in [0, 0.1) is 6.92 Å². The van der Waals surface area contributed by atoms with Crippen LogP contribution in [0.2, 0.25) is 5.02 Å². The Hall–Kier alpha value is -1.66. The van der Waals surface area contributed by atoms with E-state index in [0.717, 1.165) is 10.7 Å². The lowest BCUT2D eigenvalue weighted by Crippen LogP contribution is -2.27. The van der Waals surface area contributed by atoms with Gasteiger partial charge in [0.15, 0.2) is 0 Å². The van der Waals surface area contributed by atoms with E-state index in [-0.39, 0.29) is 11.6 Å². The molecule has 0 fully saturated rings. The van der Waals surface area contributed by atoms with E-state index in [0.29, 0.717) is 23.8 Å². The Kier molecular flexibility index (Phi) is 4.92. The second kappa shape index (κ2) is 6.67. The van der Waals surface area contributed by atoms with E-state index in [2.05, 4.69) is 20.6 Å². The van der Waals surface area contributed by atoms with Crippen molar-refractivity contribution in [3.05, 3.63) is 38.9 Å². The predicted molar refractivity (Wildman–Crippen MR) is 81.7 cm³/mol. The second-order valence-corrected chi connectivity index (χ2v) is 5.61. The number of halogens is 1. The molecular weight excluding hydrogens is 296 g/mol. The van der Waals surface area contributed by atoms with Gasteiger partial charge < -0.3 is 10.6 Å². The summed E-state index contributed by atoms with van der Waals surface area (Å²) in [6, 6.07) is 3.37. The maximum absolute atomic E-state index is 12.0. The normalized spacial score (nSPS) is 10.3. The highest BCUT2D eigenvalue weighted by Crippen LogP contribution is 2.16. The number of nitrogens with zero attached hydrogens (tertiary/aromatic N) is 2. The molecule has 0 aliphatic rings. The summed E-state index contributed by atoms with van der Waals surface area (Å²) in [4.78, 5) is 20.5. The highest BCUT2D eigenvalue weighted by atomic mass is 35.5. The Bertz CT molecular complexity index is 614. The van der Waals surface area contributed by atoms with E-state index in [1.807, 2.05) is 12.3 Å². The van der Waals surface area contributed by atoms with Gasteiger partial charge in [0.25, 0.3) is 5.91 Å². The summed E-state index contributed by atoms with van der Waals surface area (Å²) >= 11 is 7.59. The molecular formula is C13H15ClN4OS. The van der Waals surface area contributed by atoms with Crippen molar-refractivity contribution in [1.29, 1.82) is 0 Å². The van der Waals surface area contributed by atoms with Crippen molar-refractivity contribution in [3.63, 3.8) is 0 Å². The molecule has 2 heterocycles. The monoisotopic (exact) mass is 310 g/mol. The van der Waals surface area contributed by atoms with E-state index in [9.17, 15) is 4.79 Å². The summed E-state index contributed by atoms with van der Waals surface area (Å²) in [6.45, 7) is 2.46. The lowest BCUT2D eigenvalue weighted by Gasteiger charge is -2.07. The van der Waals surface area contributed by atoms with Gasteiger partial charge in [-0.2, -0.15) is 0 Å². The molecule has 5 nitrogen and oxygen atoms in total. The summed E-state index contributed by atoms with van der Waals surface area (Å²) in [5, 5.41) is 9.03. The van der Waals surface area contributed by atoms with E-state index in [1.54, 1.807) is 30.5 Å². The Morgan fingerprint density at radius 3 is 2.85 bits per heavy atom. The number of nitrogens with one attached hydrogen (secondary N) is 2. The number of anilines is 1. The van der Waals surface area contributed by atoms with Gasteiger partial charge in [0.2, 0.25) is 0 Å². The quantitative estimate of drug-likeness (QED) is 0.890. The number of aryl methyl sites for hydroxylation is 1. The Labute approximate surface area is 126 Å². The van der Waals surface area contributed by atoms with Crippen molar-refractivity contribution in [2.75, 3.05) is 18.9 Å². The van der Waals surface area contributed by atoms with Crippen LogP contribution in [0.5, 0.6) is 0 Å². The molecule has 0 saturated heterocycles. The first kappa shape index (κ1) is 14.7. The van der Waals surface area contributed by atoms with Gasteiger partial charge >= 0.3 is 0 Å². The van der Waals surface area contributed by atoms with Crippen LogP contribution in [0.25, 0.3) is 0 Å². The molecule has 1 amide bonds. The zero-order valence-corrected chi connectivity index (χ0v) is 12.8. The summed E-state index contributed by atoms with van der Waals surface area (Å²) < 4.78 is 0. The predicted octanol–water partition coefficient (Wildman–Crippen LogP) is 2.51. The van der Waals surface area contributed by atoms with Crippen molar-refractivity contribution in [2.24, 2.45) is 0 Å². The molecule has 0 atom stereocenters. The van der Waals surface area contributed by atoms with Crippen LogP contribution in [0.3, 0.4) is 0 Å². The summed E-state index contributed by atoms with van der Waals surface area (Å²) in [6.07, 6.45) is 0.694. The molecule has 20 heavy (non-hydrogen) atoms. The van der Waals surface area contributed by atoms with Crippen LogP contribution in [-0.4, -0.2) is 29.5 Å². The van der Waals surface area contributed by atoms with Crippen molar-refractivity contribution in [1.82, 2.24) is 15.3 Å². The number of carbonyl (C=O) groups is 1. The number of hydrogen-bond donors (Lipinski definition) is 2. The van der Waals surface area contributed by atoms with Gasteiger partial charge in [0.1, 0.15) is 11.5 Å². The average molecular weight is 311 g/mol. The fourth-order valence-electron chi connectivity index (χ4n) is 1.65. The minimum Gasteiger partial charge on any atom is -0.373 e. The number of aromatic nitrogens is 2. The zero-order valence-electron chi connectivity index (χ0n) is 11.2. The SMILES string of the molecule is CNc1ccc(Cl)c(C(=O)NCCc2csc(C)n2)n1. The molecule has 0 aliphatic carbocycles. The van der Waals surface area contributed by atoms with Crippen molar-refractivity contribution >= 4 is 34.7 Å². The molecule has 2 aromatic heterocycles. The molecule has 0 spiro atoms. The van der Waals surface area contributed by atoms with Gasteiger partial charge in [-0.25, -0.2) is 9.97 Å². The van der Waals surface area contributed by atoms with Crippen LogP contribution in [-0.2, 0) is 6.42 Å². The molecule has 2 N–H and O–H groups in total. The maximum Gasteiger partial charge on any atom is 0.271 e. The third-order valence-electron chi connectivity index (χ3n) is 2.65. The maximum atomic E-state index is 12.0. The van der Waals surface area contributed by atoms with E-state index < -0.39 is 0 Å². The van der Waals surface area contributed by atoms with Gasteiger partial charge in [0, 0.05) is 25.4 Å². The number of thiazole rings is 1. The van der Waals surface area contributed by atoms with E-state index in [1.165, 1.54) is 0 Å². The minimum absolute atomic E-state index is 0.230. The van der Waals surface area contributed by atoms with Crippen LogP contribution >= 0.6 is 22.9 Å². The molecule has 2 rings (SSSR count). The first-order valence-electron chi connectivity index (χ1n) is 6.13. The number of carbonyl (C=O) groups excluding carboxylic acids is 1. The van der Waals surface area contributed by atoms with E-state index >= 15 is 0 Å². The van der Waals surface area contributed by atoms with Gasteiger partial charge in [-0.1, -0.05) is 11.6 Å². The fraction of sp³-hybridized carbons (Fsp3) is 0.308. The molecule has 0 saturated carbocycles. The van der Waals surface area contributed by atoms with Gasteiger partial charge in [-0.3, -0.25) is 4.79 Å². The van der Waals surface area contributed by atoms with Gasteiger partial charge in [0.05, 0.1) is 15.7 Å². The molecule has 106 valence electrons. The summed E-state index contributed by atoms with van der Waals surface area (Å²) in [5.41, 5.74) is 1.21. The number of pyridine rings is 1. The summed E-state index contributed by atoms with van der Waals surface area (Å²) in [7, 11) is 1.74. The number of amides is 1. The molecule has 0 bridgehead atoms. The molecule has 0 unspecified atom stereocenters. The van der Waals surface area contributed by atoms with E-state index in [4.69, 9.17) is 11.6 Å². The smallest absolute Gasteiger partial charge is 0.271 e. The van der Waals surface area contributed by atoms with Gasteiger partial charge in [-0.05, 0) is 19.1 Å². The molecule has 7 heteroatoms. The second-order valence-electron chi connectivity index (χ2n) is 4.14. The molecule has 2 aromatic rings. The van der Waals surface area contributed by atoms with Crippen LogP contribution < -0.4 is 10.6 Å². The van der Waals surface area contributed by atoms with Crippen LogP contribution in [0.4, 0.5) is 5.82 Å². The Morgan fingerprint density at radius 1 is 1.40 bits per heavy atom. The molecule has 0 aliphatic heterocycles. The van der Waals surface area contributed by atoms with Crippen molar-refractivity contribution in [2.45, 2.75) is 13.3 Å². The molecule has 0 radical (unpaired) electrons. The van der Waals surface area contributed by atoms with Crippen molar-refractivity contribution < 1.29 is 4.79 Å². The lowest BCUT2D eigenvalue weighted by atomic mass is 10.3. The third-order valence-corrected chi connectivity index (χ3v) is 3.78. The highest BCUT2D eigenvalue weighted by Gasteiger charge is 2.12. The average Bonchev–Trinajstić information content (AvgIpc) is 2.85. The Morgan fingerprint density at radius 2 is 2.20 bits per heavy atom. The number of hydrogen-bond acceptors (Lipinski definition) is 5. The third kappa shape index (κ3) is 3.68. The zero-order chi connectivity index (χ0) is 14.5. The van der Waals surface area contributed by atoms with Crippen molar-refractivity contribution in [3.8, 4) is 0 Å². The molecule has 0 aromatic carbocycles.